The molecule has 2 aliphatic heterocycles. The van der Waals surface area contributed by atoms with Crippen molar-refractivity contribution in [3.63, 3.8) is 0 Å². The highest BCUT2D eigenvalue weighted by Gasteiger charge is 2.49. The number of hydrogen-bond acceptors (Lipinski definition) is 10. The predicted octanol–water partition coefficient (Wildman–Crippen LogP) is -3.00. The first-order valence-electron chi connectivity index (χ1n) is 7.84. The molecule has 2 rings (SSSR count). The number of rotatable bonds is 5. The Morgan fingerprint density at radius 2 is 1.68 bits per heavy atom. The zero-order chi connectivity index (χ0) is 18.7. The zero-order valence-corrected chi connectivity index (χ0v) is 14.4. The van der Waals surface area contributed by atoms with Crippen molar-refractivity contribution >= 4 is 11.8 Å². The van der Waals surface area contributed by atoms with Crippen molar-refractivity contribution in [3.8, 4) is 12.3 Å². The summed E-state index contributed by atoms with van der Waals surface area (Å²) in [5.41, 5.74) is -0.999. The molecule has 0 amide bonds. The summed E-state index contributed by atoms with van der Waals surface area (Å²) in [4.78, 5) is 0. The highest BCUT2D eigenvalue weighted by Crippen LogP contribution is 2.37. The molecular formula is C15H24O9S. The summed E-state index contributed by atoms with van der Waals surface area (Å²) < 4.78 is 16.0. The molecule has 0 saturated carbocycles. The quantitative estimate of drug-likeness (QED) is 0.273. The van der Waals surface area contributed by atoms with E-state index < -0.39 is 66.3 Å². The minimum absolute atomic E-state index is 0.142. The van der Waals surface area contributed by atoms with Gasteiger partial charge in [-0.15, -0.1) is 18.2 Å². The highest BCUT2D eigenvalue weighted by molar-refractivity contribution is 8.00. The zero-order valence-electron chi connectivity index (χ0n) is 13.6. The molecule has 0 aromatic heterocycles. The topological polar surface area (TPSA) is 149 Å². The Kier molecular flexibility index (Phi) is 7.48. The van der Waals surface area contributed by atoms with Crippen LogP contribution in [0.4, 0.5) is 0 Å². The van der Waals surface area contributed by atoms with Crippen LogP contribution in [-0.2, 0) is 14.2 Å². The van der Waals surface area contributed by atoms with Crippen LogP contribution in [0.1, 0.15) is 6.92 Å². The van der Waals surface area contributed by atoms with Gasteiger partial charge >= 0.3 is 0 Å². The molecule has 0 aromatic rings. The molecule has 0 aliphatic carbocycles. The smallest absolute Gasteiger partial charge is 0.187 e. The SMILES string of the molecule is C#CCO[C@@H]1OC(CO)[C@@H](S[C@@H]2OC(C)[C@H](O)C(O)C2O)C(O)C1O. The van der Waals surface area contributed by atoms with Gasteiger partial charge in [-0.1, -0.05) is 5.92 Å². The van der Waals surface area contributed by atoms with E-state index in [9.17, 15) is 30.6 Å². The van der Waals surface area contributed by atoms with Crippen LogP contribution in [0.25, 0.3) is 0 Å². The van der Waals surface area contributed by atoms with Crippen LogP contribution in [0.3, 0.4) is 0 Å². The number of terminal acetylenes is 1. The first-order valence-corrected chi connectivity index (χ1v) is 8.78. The van der Waals surface area contributed by atoms with E-state index >= 15 is 0 Å². The van der Waals surface area contributed by atoms with Crippen molar-refractivity contribution in [3.05, 3.63) is 0 Å². The largest absolute Gasteiger partial charge is 0.394 e. The third kappa shape index (κ3) is 4.45. The van der Waals surface area contributed by atoms with Crippen molar-refractivity contribution in [2.75, 3.05) is 13.2 Å². The second-order valence-electron chi connectivity index (χ2n) is 6.00. The Balaban J connectivity index is 2.08. The summed E-state index contributed by atoms with van der Waals surface area (Å²) in [6.07, 6.45) is -4.69. The Hall–Kier alpha value is -0.450. The molecule has 25 heavy (non-hydrogen) atoms. The molecule has 0 bridgehead atoms. The molecule has 0 spiro atoms. The molecule has 2 fully saturated rings. The lowest BCUT2D eigenvalue weighted by Gasteiger charge is -2.45. The number of hydrogen-bond donors (Lipinski definition) is 6. The van der Waals surface area contributed by atoms with Crippen LogP contribution in [-0.4, -0.2) is 104 Å². The number of aliphatic hydroxyl groups excluding tert-OH is 6. The molecule has 0 aromatic carbocycles. The van der Waals surface area contributed by atoms with Gasteiger partial charge in [0.1, 0.15) is 36.5 Å². The first-order chi connectivity index (χ1) is 11.8. The number of aliphatic hydroxyl groups is 6. The van der Waals surface area contributed by atoms with E-state index in [4.69, 9.17) is 20.6 Å². The van der Waals surface area contributed by atoms with Crippen LogP contribution in [0, 0.1) is 12.3 Å². The van der Waals surface area contributed by atoms with E-state index in [1.54, 1.807) is 0 Å². The van der Waals surface area contributed by atoms with Gasteiger partial charge in [-0.2, -0.15) is 0 Å². The van der Waals surface area contributed by atoms with E-state index in [1.807, 2.05) is 0 Å². The molecule has 6 N–H and O–H groups in total. The van der Waals surface area contributed by atoms with Gasteiger partial charge in [-0.25, -0.2) is 0 Å². The van der Waals surface area contributed by atoms with E-state index in [-0.39, 0.29) is 6.61 Å². The van der Waals surface area contributed by atoms with E-state index in [0.29, 0.717) is 0 Å². The average Bonchev–Trinajstić information content (AvgIpc) is 2.60. The third-order valence-corrected chi connectivity index (χ3v) is 5.81. The maximum atomic E-state index is 10.4. The van der Waals surface area contributed by atoms with Crippen LogP contribution >= 0.6 is 11.8 Å². The van der Waals surface area contributed by atoms with Crippen LogP contribution in [0.2, 0.25) is 0 Å². The summed E-state index contributed by atoms with van der Waals surface area (Å²) in [6, 6.07) is 0. The summed E-state index contributed by atoms with van der Waals surface area (Å²) >= 11 is 0.895. The van der Waals surface area contributed by atoms with Gasteiger partial charge in [0.05, 0.1) is 30.2 Å². The maximum Gasteiger partial charge on any atom is 0.187 e. The van der Waals surface area contributed by atoms with Gasteiger partial charge in [0.15, 0.2) is 6.29 Å². The van der Waals surface area contributed by atoms with Crippen molar-refractivity contribution in [2.45, 2.75) is 66.6 Å². The standard InChI is InChI=1S/C15H24O9S/c1-3-4-22-14-11(20)10(19)13(7(5-16)24-14)25-15-12(21)9(18)8(17)6(2)23-15/h1,6-21H,4-5H2,2H3/t6?,7?,8-,9?,10?,11?,12?,13+,14+,15-/m0/s1. The van der Waals surface area contributed by atoms with Gasteiger partial charge in [0.2, 0.25) is 0 Å². The molecule has 9 nitrogen and oxygen atoms in total. The van der Waals surface area contributed by atoms with Crippen molar-refractivity contribution in [2.24, 2.45) is 0 Å². The fraction of sp³-hybridized carbons (Fsp3) is 0.867. The Bertz CT molecular complexity index is 470. The van der Waals surface area contributed by atoms with Crippen LogP contribution < -0.4 is 0 Å². The second kappa shape index (κ2) is 8.96. The van der Waals surface area contributed by atoms with Gasteiger partial charge in [0.25, 0.3) is 0 Å². The van der Waals surface area contributed by atoms with Gasteiger partial charge in [0, 0.05) is 0 Å². The molecule has 2 heterocycles. The number of thioether (sulfide) groups is 1. The minimum atomic E-state index is -1.43. The van der Waals surface area contributed by atoms with Crippen molar-refractivity contribution in [1.82, 2.24) is 0 Å². The summed E-state index contributed by atoms with van der Waals surface area (Å²) in [5.74, 6) is 2.21. The minimum Gasteiger partial charge on any atom is -0.394 e. The molecule has 2 saturated heterocycles. The van der Waals surface area contributed by atoms with Gasteiger partial charge in [-0.3, -0.25) is 0 Å². The third-order valence-electron chi connectivity index (χ3n) is 4.25. The lowest BCUT2D eigenvalue weighted by Crippen LogP contribution is -2.60. The van der Waals surface area contributed by atoms with Gasteiger partial charge < -0.3 is 44.8 Å². The summed E-state index contributed by atoms with van der Waals surface area (Å²) in [5, 5.41) is 58.8. The van der Waals surface area contributed by atoms with Crippen molar-refractivity contribution < 1.29 is 44.8 Å². The molecule has 144 valence electrons. The average molecular weight is 380 g/mol. The van der Waals surface area contributed by atoms with E-state index in [1.165, 1.54) is 6.92 Å². The highest BCUT2D eigenvalue weighted by atomic mass is 32.2. The molecule has 6 unspecified atom stereocenters. The van der Waals surface area contributed by atoms with E-state index in [0.717, 1.165) is 11.8 Å². The summed E-state index contributed by atoms with van der Waals surface area (Å²) in [7, 11) is 0. The maximum absolute atomic E-state index is 10.4. The molecule has 10 heteroatoms. The van der Waals surface area contributed by atoms with Crippen molar-refractivity contribution in [1.29, 1.82) is 0 Å². The Labute approximate surface area is 149 Å². The van der Waals surface area contributed by atoms with Crippen LogP contribution in [0.15, 0.2) is 0 Å². The normalized spacial score (nSPS) is 48.1. The molecule has 2 aliphatic rings. The number of ether oxygens (including phenoxy) is 3. The van der Waals surface area contributed by atoms with E-state index in [2.05, 4.69) is 5.92 Å². The predicted molar refractivity (Wildman–Crippen MR) is 86.3 cm³/mol. The first kappa shape index (κ1) is 20.9. The Morgan fingerprint density at radius 1 is 1.00 bits per heavy atom. The molecule has 10 atom stereocenters. The summed E-state index contributed by atoms with van der Waals surface area (Å²) in [6.45, 7) is 0.903. The lowest BCUT2D eigenvalue weighted by molar-refractivity contribution is -0.264. The van der Waals surface area contributed by atoms with Gasteiger partial charge in [-0.05, 0) is 6.92 Å². The Morgan fingerprint density at radius 3 is 2.28 bits per heavy atom. The molecular weight excluding hydrogens is 356 g/mol. The fourth-order valence-electron chi connectivity index (χ4n) is 2.77. The lowest BCUT2D eigenvalue weighted by atomic mass is 10.0. The molecule has 0 radical (unpaired) electrons. The fourth-order valence-corrected chi connectivity index (χ4v) is 4.29. The second-order valence-corrected chi connectivity index (χ2v) is 7.28. The monoisotopic (exact) mass is 380 g/mol. The van der Waals surface area contributed by atoms with Crippen LogP contribution in [0.5, 0.6) is 0 Å².